The average molecular weight is 422 g/mol. The summed E-state index contributed by atoms with van der Waals surface area (Å²) in [6.07, 6.45) is 1.51. The van der Waals surface area contributed by atoms with E-state index in [-0.39, 0.29) is 11.7 Å². The van der Waals surface area contributed by atoms with Gasteiger partial charge in [-0.1, -0.05) is 58.2 Å². The molecular formula is C14H8Cl4N4OS. The number of imidazole rings is 1. The Kier molecular flexibility index (Phi) is 5.42. The Morgan fingerprint density at radius 3 is 2.67 bits per heavy atom. The average Bonchev–Trinajstić information content (AvgIpc) is 2.92. The summed E-state index contributed by atoms with van der Waals surface area (Å²) in [5, 5.41) is 4.69. The summed E-state index contributed by atoms with van der Waals surface area (Å²) in [6, 6.07) is 4.70. The predicted octanol–water partition coefficient (Wildman–Crippen LogP) is 5.30. The number of hydrogen-bond acceptors (Lipinski definition) is 4. The van der Waals surface area contributed by atoms with Crippen molar-refractivity contribution in [2.75, 3.05) is 11.1 Å². The third kappa shape index (κ3) is 4.07. The standard InChI is InChI=1S/C14H8Cl4N4OS/c15-6-1-11-13(19-4-6)22-14(21-11)24-5-12(23)20-10-3-8(17)7(16)2-9(10)18/h1-4H,5H2,(H,20,23)(H,19,21,22). The van der Waals surface area contributed by atoms with Gasteiger partial charge in [-0.15, -0.1) is 0 Å². The maximum atomic E-state index is 12.1. The van der Waals surface area contributed by atoms with Crippen LogP contribution in [0.2, 0.25) is 20.1 Å². The maximum absolute atomic E-state index is 12.1. The Labute approximate surface area is 161 Å². The van der Waals surface area contributed by atoms with E-state index in [1.54, 1.807) is 6.07 Å². The van der Waals surface area contributed by atoms with Crippen LogP contribution < -0.4 is 5.32 Å². The van der Waals surface area contributed by atoms with Crippen LogP contribution in [0.15, 0.2) is 29.6 Å². The lowest BCUT2D eigenvalue weighted by Crippen LogP contribution is -2.14. The number of thioether (sulfide) groups is 1. The van der Waals surface area contributed by atoms with E-state index in [9.17, 15) is 4.79 Å². The van der Waals surface area contributed by atoms with Gasteiger partial charge in [-0.2, -0.15) is 0 Å². The number of amides is 1. The third-order valence-electron chi connectivity index (χ3n) is 2.91. The maximum Gasteiger partial charge on any atom is 0.234 e. The van der Waals surface area contributed by atoms with Gasteiger partial charge in [-0.3, -0.25) is 4.79 Å². The molecule has 0 unspecified atom stereocenters. The number of benzene rings is 1. The van der Waals surface area contributed by atoms with Gasteiger partial charge in [0.2, 0.25) is 5.91 Å². The van der Waals surface area contributed by atoms with Gasteiger partial charge in [0.25, 0.3) is 0 Å². The molecule has 2 heterocycles. The molecule has 2 aromatic heterocycles. The van der Waals surface area contributed by atoms with Gasteiger partial charge in [0.05, 0.1) is 37.0 Å². The number of H-pyrrole nitrogens is 1. The van der Waals surface area contributed by atoms with E-state index in [0.29, 0.717) is 42.1 Å². The Morgan fingerprint density at radius 2 is 1.88 bits per heavy atom. The van der Waals surface area contributed by atoms with Crippen molar-refractivity contribution in [3.63, 3.8) is 0 Å². The Balaban J connectivity index is 1.65. The van der Waals surface area contributed by atoms with Crippen molar-refractivity contribution in [2.24, 2.45) is 0 Å². The molecule has 0 aliphatic rings. The van der Waals surface area contributed by atoms with Crippen molar-refractivity contribution in [3.05, 3.63) is 44.5 Å². The fraction of sp³-hybridized carbons (Fsp3) is 0.0714. The number of hydrogen-bond donors (Lipinski definition) is 2. The molecule has 1 amide bonds. The minimum atomic E-state index is -0.258. The number of carbonyl (C=O) groups is 1. The largest absolute Gasteiger partial charge is 0.331 e. The van der Waals surface area contributed by atoms with E-state index in [1.807, 2.05) is 0 Å². The van der Waals surface area contributed by atoms with Crippen LogP contribution in [0.25, 0.3) is 11.2 Å². The quantitative estimate of drug-likeness (QED) is 0.442. The molecule has 1 aromatic carbocycles. The number of halogens is 4. The second kappa shape index (κ2) is 7.37. The van der Waals surface area contributed by atoms with Gasteiger partial charge in [-0.05, 0) is 18.2 Å². The van der Waals surface area contributed by atoms with Crippen LogP contribution in [0.1, 0.15) is 0 Å². The number of nitrogens with one attached hydrogen (secondary N) is 2. The summed E-state index contributed by atoms with van der Waals surface area (Å²) in [7, 11) is 0. The molecular weight excluding hydrogens is 414 g/mol. The van der Waals surface area contributed by atoms with Crippen molar-refractivity contribution in [2.45, 2.75) is 5.16 Å². The van der Waals surface area contributed by atoms with Crippen molar-refractivity contribution < 1.29 is 4.79 Å². The van der Waals surface area contributed by atoms with Crippen LogP contribution in [-0.2, 0) is 4.79 Å². The summed E-state index contributed by atoms with van der Waals surface area (Å²) in [4.78, 5) is 23.5. The second-order valence-electron chi connectivity index (χ2n) is 4.65. The molecule has 0 atom stereocenters. The highest BCUT2D eigenvalue weighted by Crippen LogP contribution is 2.32. The first kappa shape index (κ1) is 17.6. The Bertz CT molecular complexity index is 931. The first-order chi connectivity index (χ1) is 11.4. The zero-order valence-electron chi connectivity index (χ0n) is 11.7. The fourth-order valence-electron chi connectivity index (χ4n) is 1.86. The summed E-state index contributed by atoms with van der Waals surface area (Å²) in [6.45, 7) is 0. The number of aromatic amines is 1. The monoisotopic (exact) mass is 420 g/mol. The molecule has 10 heteroatoms. The van der Waals surface area contributed by atoms with Crippen LogP contribution >= 0.6 is 58.2 Å². The molecule has 0 radical (unpaired) electrons. The number of aromatic nitrogens is 3. The van der Waals surface area contributed by atoms with Crippen molar-refractivity contribution >= 4 is 80.9 Å². The topological polar surface area (TPSA) is 70.7 Å². The molecule has 0 saturated heterocycles. The summed E-state index contributed by atoms with van der Waals surface area (Å²) in [5.74, 6) is -0.129. The molecule has 2 N–H and O–H groups in total. The van der Waals surface area contributed by atoms with E-state index < -0.39 is 0 Å². The first-order valence-electron chi connectivity index (χ1n) is 6.51. The van der Waals surface area contributed by atoms with E-state index in [2.05, 4.69) is 20.3 Å². The summed E-state index contributed by atoms with van der Waals surface area (Å²) in [5.41, 5.74) is 1.64. The molecule has 0 fully saturated rings. The van der Waals surface area contributed by atoms with Crippen LogP contribution in [0.5, 0.6) is 0 Å². The lowest BCUT2D eigenvalue weighted by molar-refractivity contribution is -0.113. The molecule has 0 bridgehead atoms. The van der Waals surface area contributed by atoms with Crippen LogP contribution in [0, 0.1) is 0 Å². The molecule has 5 nitrogen and oxygen atoms in total. The minimum absolute atomic E-state index is 0.129. The minimum Gasteiger partial charge on any atom is -0.331 e. The first-order valence-corrected chi connectivity index (χ1v) is 9.00. The molecule has 3 rings (SSSR count). The summed E-state index contributed by atoms with van der Waals surface area (Å²) < 4.78 is 0. The number of carbonyl (C=O) groups excluding carboxylic acids is 1. The molecule has 0 saturated carbocycles. The smallest absolute Gasteiger partial charge is 0.234 e. The number of anilines is 1. The second-order valence-corrected chi connectivity index (χ2v) is 7.27. The van der Waals surface area contributed by atoms with E-state index in [0.717, 1.165) is 0 Å². The van der Waals surface area contributed by atoms with E-state index in [4.69, 9.17) is 46.4 Å². The van der Waals surface area contributed by atoms with Gasteiger partial charge >= 0.3 is 0 Å². The summed E-state index contributed by atoms with van der Waals surface area (Å²) >= 11 is 24.9. The molecule has 0 aliphatic heterocycles. The number of nitrogens with zero attached hydrogens (tertiary/aromatic N) is 2. The highest BCUT2D eigenvalue weighted by Gasteiger charge is 2.11. The highest BCUT2D eigenvalue weighted by molar-refractivity contribution is 7.99. The van der Waals surface area contributed by atoms with Crippen LogP contribution in [0.4, 0.5) is 5.69 Å². The Morgan fingerprint density at radius 1 is 1.12 bits per heavy atom. The molecule has 0 aliphatic carbocycles. The molecule has 124 valence electrons. The van der Waals surface area contributed by atoms with Crippen LogP contribution in [-0.4, -0.2) is 26.6 Å². The zero-order valence-corrected chi connectivity index (χ0v) is 15.6. The highest BCUT2D eigenvalue weighted by atomic mass is 35.5. The molecule has 24 heavy (non-hydrogen) atoms. The van der Waals surface area contributed by atoms with Crippen molar-refractivity contribution in [1.82, 2.24) is 15.0 Å². The van der Waals surface area contributed by atoms with Crippen molar-refractivity contribution in [1.29, 1.82) is 0 Å². The van der Waals surface area contributed by atoms with Gasteiger partial charge in [-0.25, -0.2) is 9.97 Å². The fourth-order valence-corrected chi connectivity index (χ4v) is 3.28. The van der Waals surface area contributed by atoms with Crippen LogP contribution in [0.3, 0.4) is 0 Å². The van der Waals surface area contributed by atoms with E-state index in [1.165, 1.54) is 30.1 Å². The van der Waals surface area contributed by atoms with Crippen molar-refractivity contribution in [3.8, 4) is 0 Å². The van der Waals surface area contributed by atoms with E-state index >= 15 is 0 Å². The zero-order chi connectivity index (χ0) is 17.3. The van der Waals surface area contributed by atoms with Gasteiger partial charge in [0.15, 0.2) is 10.8 Å². The third-order valence-corrected chi connectivity index (χ3v) is 5.02. The lowest BCUT2D eigenvalue weighted by atomic mass is 10.3. The predicted molar refractivity (Wildman–Crippen MR) is 99.7 cm³/mol. The number of rotatable bonds is 4. The molecule has 0 spiro atoms. The number of fused-ring (bicyclic) bond motifs is 1. The van der Waals surface area contributed by atoms with Gasteiger partial charge in [0, 0.05) is 6.20 Å². The SMILES string of the molecule is O=C(CSc1nc2ncc(Cl)cc2[nH]1)Nc1cc(Cl)c(Cl)cc1Cl. The Hall–Kier alpha value is -1.18. The normalized spacial score (nSPS) is 11.0. The molecule has 3 aromatic rings. The van der Waals surface area contributed by atoms with Gasteiger partial charge in [0.1, 0.15) is 0 Å². The number of pyridine rings is 1. The van der Waals surface area contributed by atoms with Gasteiger partial charge < -0.3 is 10.3 Å². The lowest BCUT2D eigenvalue weighted by Gasteiger charge is -2.08.